The average molecular weight is 449 g/mol. The highest BCUT2D eigenvalue weighted by atomic mass is 32.2. The molecule has 3 fully saturated rings. The Kier molecular flexibility index (Phi) is 6.81. The van der Waals surface area contributed by atoms with Gasteiger partial charge in [0.25, 0.3) is 0 Å². The van der Waals surface area contributed by atoms with Crippen molar-refractivity contribution < 1.29 is 18.0 Å². The van der Waals surface area contributed by atoms with E-state index >= 15 is 0 Å². The summed E-state index contributed by atoms with van der Waals surface area (Å²) in [6, 6.07) is 7.74. The van der Waals surface area contributed by atoms with E-state index in [1.165, 1.54) is 10.7 Å². The molecule has 0 aromatic heterocycles. The lowest BCUT2D eigenvalue weighted by molar-refractivity contribution is -0.137. The van der Waals surface area contributed by atoms with Gasteiger partial charge in [0, 0.05) is 45.8 Å². The van der Waals surface area contributed by atoms with E-state index in [0.29, 0.717) is 39.1 Å². The largest absolute Gasteiger partial charge is 0.338 e. The normalized spacial score (nSPS) is 23.6. The number of benzene rings is 1. The lowest BCUT2D eigenvalue weighted by atomic mass is 10.0. The number of piperazine rings is 1. The molecule has 3 saturated heterocycles. The molecule has 3 aliphatic rings. The highest BCUT2D eigenvalue weighted by molar-refractivity contribution is 7.89. The molecule has 3 heterocycles. The van der Waals surface area contributed by atoms with Gasteiger partial charge in [-0.05, 0) is 44.2 Å². The maximum Gasteiger partial charge on any atom is 0.320 e. The summed E-state index contributed by atoms with van der Waals surface area (Å²) >= 11 is 0. The summed E-state index contributed by atoms with van der Waals surface area (Å²) in [6.07, 6.45) is 5.42. The molecule has 0 saturated carbocycles. The van der Waals surface area contributed by atoms with Gasteiger partial charge in [0.05, 0.1) is 4.90 Å². The molecule has 8 nitrogen and oxygen atoms in total. The number of rotatable bonds is 3. The fraction of sp³-hybridized carbons (Fsp3) is 0.636. The SMILES string of the molecule is O=C(C1CCCCN1S(=O)(=O)c1ccccc1)N1CCN(C(=O)N2CCCCC2)CC1. The number of hydrogen-bond donors (Lipinski definition) is 0. The van der Waals surface area contributed by atoms with Crippen LogP contribution in [0.5, 0.6) is 0 Å². The van der Waals surface area contributed by atoms with Crippen molar-refractivity contribution in [1.82, 2.24) is 19.0 Å². The standard InChI is InChI=1S/C22H32N4O4S/c27-21(23-15-17-25(18-16-23)22(28)24-12-6-2-7-13-24)20-11-5-8-14-26(20)31(29,30)19-9-3-1-4-10-19/h1,3-4,9-10,20H,2,5-8,11-18H2. The van der Waals surface area contributed by atoms with Crippen LogP contribution in [0.25, 0.3) is 0 Å². The number of hydrogen-bond acceptors (Lipinski definition) is 4. The molecule has 1 aromatic carbocycles. The van der Waals surface area contributed by atoms with E-state index in [9.17, 15) is 18.0 Å². The second kappa shape index (κ2) is 9.56. The fourth-order valence-corrected chi connectivity index (χ4v) is 6.45. The molecule has 31 heavy (non-hydrogen) atoms. The summed E-state index contributed by atoms with van der Waals surface area (Å²) in [6.45, 7) is 3.89. The van der Waals surface area contributed by atoms with Crippen molar-refractivity contribution >= 4 is 22.0 Å². The molecule has 0 bridgehead atoms. The van der Waals surface area contributed by atoms with Crippen molar-refractivity contribution in [1.29, 1.82) is 0 Å². The first kappa shape index (κ1) is 22.1. The minimum atomic E-state index is -3.72. The van der Waals surface area contributed by atoms with Crippen LogP contribution in [0.1, 0.15) is 38.5 Å². The number of carbonyl (C=O) groups excluding carboxylic acids is 2. The van der Waals surface area contributed by atoms with Gasteiger partial charge >= 0.3 is 6.03 Å². The third-order valence-electron chi connectivity index (χ3n) is 6.58. The Morgan fingerprint density at radius 3 is 1.97 bits per heavy atom. The Morgan fingerprint density at radius 2 is 1.29 bits per heavy atom. The second-order valence-corrected chi connectivity index (χ2v) is 10.5. The first-order valence-corrected chi connectivity index (χ1v) is 12.8. The molecule has 3 amide bonds. The van der Waals surface area contributed by atoms with Gasteiger partial charge in [-0.15, -0.1) is 0 Å². The Hall–Kier alpha value is -2.13. The van der Waals surface area contributed by atoms with E-state index in [2.05, 4.69) is 0 Å². The highest BCUT2D eigenvalue weighted by Gasteiger charge is 2.40. The molecule has 0 aliphatic carbocycles. The zero-order valence-electron chi connectivity index (χ0n) is 18.0. The van der Waals surface area contributed by atoms with Crippen molar-refractivity contribution in [2.45, 2.75) is 49.5 Å². The summed E-state index contributed by atoms with van der Waals surface area (Å²) in [5.41, 5.74) is 0. The number of piperidine rings is 2. The van der Waals surface area contributed by atoms with Gasteiger partial charge in [-0.25, -0.2) is 13.2 Å². The summed E-state index contributed by atoms with van der Waals surface area (Å²) < 4.78 is 27.8. The van der Waals surface area contributed by atoms with Crippen molar-refractivity contribution in [2.75, 3.05) is 45.8 Å². The summed E-state index contributed by atoms with van der Waals surface area (Å²) in [5, 5.41) is 0. The molecular formula is C22H32N4O4S. The first-order valence-electron chi connectivity index (χ1n) is 11.4. The van der Waals surface area contributed by atoms with Crippen LogP contribution in [0.2, 0.25) is 0 Å². The van der Waals surface area contributed by atoms with Crippen LogP contribution in [0, 0.1) is 0 Å². The maximum atomic E-state index is 13.3. The number of sulfonamides is 1. The highest BCUT2D eigenvalue weighted by Crippen LogP contribution is 2.27. The number of urea groups is 1. The smallest absolute Gasteiger partial charge is 0.320 e. The number of likely N-dealkylation sites (tertiary alicyclic amines) is 1. The fourth-order valence-electron chi connectivity index (χ4n) is 4.78. The number of carbonyl (C=O) groups is 2. The summed E-state index contributed by atoms with van der Waals surface area (Å²) in [4.78, 5) is 31.8. The zero-order valence-corrected chi connectivity index (χ0v) is 18.8. The van der Waals surface area contributed by atoms with Crippen LogP contribution in [0.4, 0.5) is 4.79 Å². The summed E-state index contributed by atoms with van der Waals surface area (Å²) in [7, 11) is -3.72. The molecule has 3 aliphatic heterocycles. The van der Waals surface area contributed by atoms with E-state index in [1.807, 2.05) is 9.80 Å². The van der Waals surface area contributed by atoms with Gasteiger partial charge < -0.3 is 14.7 Å². The predicted octanol–water partition coefficient (Wildman–Crippen LogP) is 1.98. The minimum Gasteiger partial charge on any atom is -0.338 e. The molecule has 0 N–H and O–H groups in total. The molecular weight excluding hydrogens is 416 g/mol. The third-order valence-corrected chi connectivity index (χ3v) is 8.50. The maximum absolute atomic E-state index is 13.3. The summed E-state index contributed by atoms with van der Waals surface area (Å²) in [5.74, 6) is -0.135. The van der Waals surface area contributed by atoms with Gasteiger partial charge in [-0.1, -0.05) is 24.6 Å². The van der Waals surface area contributed by atoms with E-state index in [4.69, 9.17) is 0 Å². The van der Waals surface area contributed by atoms with Gasteiger partial charge in [0.1, 0.15) is 6.04 Å². The molecule has 170 valence electrons. The quantitative estimate of drug-likeness (QED) is 0.708. The van der Waals surface area contributed by atoms with Gasteiger partial charge in [0.15, 0.2) is 0 Å². The van der Waals surface area contributed by atoms with E-state index in [-0.39, 0.29) is 16.8 Å². The van der Waals surface area contributed by atoms with Crippen molar-refractivity contribution in [2.24, 2.45) is 0 Å². The minimum absolute atomic E-state index is 0.0674. The Labute approximate surface area is 184 Å². The molecule has 1 aromatic rings. The number of nitrogens with zero attached hydrogens (tertiary/aromatic N) is 4. The van der Waals surface area contributed by atoms with E-state index in [0.717, 1.165) is 38.8 Å². The van der Waals surface area contributed by atoms with Crippen molar-refractivity contribution in [3.05, 3.63) is 30.3 Å². The van der Waals surface area contributed by atoms with Crippen molar-refractivity contribution in [3.8, 4) is 0 Å². The number of amides is 3. The van der Waals surface area contributed by atoms with Crippen LogP contribution >= 0.6 is 0 Å². The molecule has 0 radical (unpaired) electrons. The molecule has 1 unspecified atom stereocenters. The van der Waals surface area contributed by atoms with Gasteiger partial charge in [0.2, 0.25) is 15.9 Å². The monoisotopic (exact) mass is 448 g/mol. The lowest BCUT2D eigenvalue weighted by Crippen LogP contribution is -2.59. The van der Waals surface area contributed by atoms with Gasteiger partial charge in [-0.3, -0.25) is 4.79 Å². The molecule has 9 heteroatoms. The first-order chi connectivity index (χ1) is 15.0. The Bertz CT molecular complexity index is 878. The Morgan fingerprint density at radius 1 is 0.710 bits per heavy atom. The van der Waals surface area contributed by atoms with E-state index < -0.39 is 16.1 Å². The molecule has 1 atom stereocenters. The van der Waals surface area contributed by atoms with Gasteiger partial charge in [-0.2, -0.15) is 4.31 Å². The van der Waals surface area contributed by atoms with E-state index in [1.54, 1.807) is 35.2 Å². The van der Waals surface area contributed by atoms with Crippen LogP contribution in [-0.2, 0) is 14.8 Å². The zero-order chi connectivity index (χ0) is 21.8. The molecule has 0 spiro atoms. The second-order valence-electron chi connectivity index (χ2n) is 8.58. The topological polar surface area (TPSA) is 81.2 Å². The van der Waals surface area contributed by atoms with Crippen LogP contribution in [-0.4, -0.2) is 91.2 Å². The predicted molar refractivity (Wildman–Crippen MR) is 117 cm³/mol. The average Bonchev–Trinajstić information content (AvgIpc) is 2.84. The van der Waals surface area contributed by atoms with Crippen LogP contribution in [0.3, 0.4) is 0 Å². The molecule has 4 rings (SSSR count). The van der Waals surface area contributed by atoms with Crippen LogP contribution in [0.15, 0.2) is 35.2 Å². The lowest BCUT2D eigenvalue weighted by Gasteiger charge is -2.41. The van der Waals surface area contributed by atoms with Crippen molar-refractivity contribution in [3.63, 3.8) is 0 Å². The Balaban J connectivity index is 1.41. The third kappa shape index (κ3) is 4.72. The van der Waals surface area contributed by atoms with Crippen LogP contribution < -0.4 is 0 Å².